The second kappa shape index (κ2) is 9.57. The molecule has 0 aliphatic heterocycles. The van der Waals surface area contributed by atoms with E-state index in [9.17, 15) is 9.59 Å². The second-order valence-electron chi connectivity index (χ2n) is 4.24. The number of halogens is 6. The number of urea groups is 1. The van der Waals surface area contributed by atoms with Gasteiger partial charge in [0.2, 0.25) is 0 Å². The van der Waals surface area contributed by atoms with E-state index >= 15 is 0 Å². The fourth-order valence-electron chi connectivity index (χ4n) is 1.50. The zero-order valence-electron chi connectivity index (χ0n) is 11.9. The molecule has 5 nitrogen and oxygen atoms in total. The Labute approximate surface area is 172 Å². The molecule has 0 aromatic heterocycles. The Balaban J connectivity index is 0.000000257. The summed E-state index contributed by atoms with van der Waals surface area (Å²) in [6.45, 7) is 0. The molecule has 0 spiro atoms. The van der Waals surface area contributed by atoms with Crippen molar-refractivity contribution in [3.8, 4) is 0 Å². The lowest BCUT2D eigenvalue weighted by Gasteiger charge is -2.08. The Morgan fingerprint density at radius 2 is 1.40 bits per heavy atom. The highest BCUT2D eigenvalue weighted by Crippen LogP contribution is 2.40. The Bertz CT molecular complexity index is 808. The molecule has 0 saturated carbocycles. The predicted molar refractivity (Wildman–Crippen MR) is 103 cm³/mol. The fourth-order valence-corrected chi connectivity index (χ4v) is 2.91. The average Bonchev–Trinajstić information content (AvgIpc) is 2.50. The minimum absolute atomic E-state index is 0.0455. The molecule has 0 bridgehead atoms. The molecule has 25 heavy (non-hydrogen) atoms. The number of carbonyl (C=O) groups excluding carboxylic acids is 1. The van der Waals surface area contributed by atoms with Crippen LogP contribution in [0.25, 0.3) is 0 Å². The topological polar surface area (TPSA) is 92.4 Å². The van der Waals surface area contributed by atoms with Gasteiger partial charge in [-0.25, -0.2) is 9.59 Å². The number of hydrogen-bond donors (Lipinski definition) is 3. The van der Waals surface area contributed by atoms with E-state index in [0.29, 0.717) is 0 Å². The highest BCUT2D eigenvalue weighted by atomic mass is 35.5. The minimum Gasteiger partial charge on any atom is -0.478 e. The molecule has 0 atom stereocenters. The number of nitrogens with two attached hydrogens (primary N) is 1. The molecule has 4 N–H and O–H groups in total. The van der Waals surface area contributed by atoms with Crippen molar-refractivity contribution < 1.29 is 14.7 Å². The third kappa shape index (κ3) is 5.99. The molecular formula is C14H8Cl6N2O3. The molecular weight excluding hydrogens is 457 g/mol. The van der Waals surface area contributed by atoms with Crippen molar-refractivity contribution in [1.82, 2.24) is 0 Å². The van der Waals surface area contributed by atoms with Crippen molar-refractivity contribution in [2.45, 2.75) is 0 Å². The molecule has 2 aromatic rings. The van der Waals surface area contributed by atoms with Crippen molar-refractivity contribution in [1.29, 1.82) is 0 Å². The van der Waals surface area contributed by atoms with Crippen LogP contribution in [0.2, 0.25) is 30.1 Å². The van der Waals surface area contributed by atoms with Gasteiger partial charge in [-0.15, -0.1) is 0 Å². The molecule has 134 valence electrons. The lowest BCUT2D eigenvalue weighted by Crippen LogP contribution is -2.19. The molecule has 0 aliphatic carbocycles. The number of amides is 2. The zero-order chi connectivity index (χ0) is 19.3. The van der Waals surface area contributed by atoms with Crippen LogP contribution in [0, 0.1) is 0 Å². The van der Waals surface area contributed by atoms with Crippen LogP contribution < -0.4 is 11.1 Å². The van der Waals surface area contributed by atoms with E-state index in [1.54, 1.807) is 6.07 Å². The van der Waals surface area contributed by atoms with Gasteiger partial charge in [0.05, 0.1) is 41.4 Å². The van der Waals surface area contributed by atoms with Gasteiger partial charge in [0, 0.05) is 0 Å². The highest BCUT2D eigenvalue weighted by Gasteiger charge is 2.14. The summed E-state index contributed by atoms with van der Waals surface area (Å²) >= 11 is 34.0. The maximum atomic E-state index is 10.6. The summed E-state index contributed by atoms with van der Waals surface area (Å²) in [6.07, 6.45) is 0. The number of primary amides is 1. The number of carboxylic acids is 1. The molecule has 2 rings (SSSR count). The number of nitrogens with one attached hydrogen (secondary N) is 1. The summed E-state index contributed by atoms with van der Waals surface area (Å²) in [4.78, 5) is 21.0. The van der Waals surface area contributed by atoms with Crippen molar-refractivity contribution in [2.75, 3.05) is 5.32 Å². The second-order valence-corrected chi connectivity index (χ2v) is 6.59. The molecule has 0 heterocycles. The number of anilines is 1. The monoisotopic (exact) mass is 462 g/mol. The van der Waals surface area contributed by atoms with E-state index in [1.807, 2.05) is 0 Å². The average molecular weight is 465 g/mol. The van der Waals surface area contributed by atoms with Crippen LogP contribution in [0.5, 0.6) is 0 Å². The molecule has 0 fully saturated rings. The quantitative estimate of drug-likeness (QED) is 0.350. The van der Waals surface area contributed by atoms with E-state index in [2.05, 4.69) is 5.32 Å². The SMILES string of the molecule is NC(=O)Nc1cc(Cl)c(Cl)c(Cl)c1Cl.O=C(O)c1c(Cl)cccc1Cl. The number of hydrogen-bond acceptors (Lipinski definition) is 2. The number of rotatable bonds is 2. The summed E-state index contributed by atoms with van der Waals surface area (Å²) in [5.74, 6) is -1.11. The van der Waals surface area contributed by atoms with Crippen LogP contribution in [-0.4, -0.2) is 17.1 Å². The number of benzene rings is 2. The Morgan fingerprint density at radius 1 is 0.880 bits per heavy atom. The van der Waals surface area contributed by atoms with Crippen LogP contribution in [0.15, 0.2) is 24.3 Å². The van der Waals surface area contributed by atoms with Gasteiger partial charge in [0.15, 0.2) is 0 Å². The summed E-state index contributed by atoms with van der Waals surface area (Å²) < 4.78 is 0. The Morgan fingerprint density at radius 3 is 1.80 bits per heavy atom. The van der Waals surface area contributed by atoms with E-state index in [4.69, 9.17) is 80.4 Å². The first-order valence-corrected chi connectivity index (χ1v) is 8.39. The predicted octanol–water partition coefficient (Wildman–Crippen LogP) is 6.48. The van der Waals surface area contributed by atoms with Gasteiger partial charge in [-0.3, -0.25) is 0 Å². The van der Waals surface area contributed by atoms with Gasteiger partial charge in [-0.1, -0.05) is 75.7 Å². The normalized spacial score (nSPS) is 9.84. The minimum atomic E-state index is -1.11. The first kappa shape index (κ1) is 22.0. The molecule has 0 radical (unpaired) electrons. The Kier molecular flexibility index (Phi) is 8.41. The third-order valence-corrected chi connectivity index (χ3v) is 4.92. The van der Waals surface area contributed by atoms with Crippen LogP contribution in [0.3, 0.4) is 0 Å². The molecule has 0 saturated heterocycles. The van der Waals surface area contributed by atoms with Crippen LogP contribution >= 0.6 is 69.6 Å². The van der Waals surface area contributed by atoms with Gasteiger partial charge in [0.25, 0.3) is 0 Å². The number of carbonyl (C=O) groups is 2. The first-order chi connectivity index (χ1) is 11.6. The van der Waals surface area contributed by atoms with Crippen molar-refractivity contribution >= 4 is 87.3 Å². The van der Waals surface area contributed by atoms with Gasteiger partial charge in [-0.05, 0) is 18.2 Å². The lowest BCUT2D eigenvalue weighted by atomic mass is 10.2. The third-order valence-electron chi connectivity index (χ3n) is 2.54. The lowest BCUT2D eigenvalue weighted by molar-refractivity contribution is 0.0697. The van der Waals surface area contributed by atoms with Gasteiger partial charge >= 0.3 is 12.0 Å². The summed E-state index contributed by atoms with van der Waals surface area (Å²) in [5, 5.41) is 11.6. The van der Waals surface area contributed by atoms with E-state index in [0.717, 1.165) is 0 Å². The van der Waals surface area contributed by atoms with E-state index in [1.165, 1.54) is 18.2 Å². The maximum absolute atomic E-state index is 10.6. The number of carboxylic acid groups (broad SMARTS) is 1. The van der Waals surface area contributed by atoms with Crippen LogP contribution in [-0.2, 0) is 0 Å². The van der Waals surface area contributed by atoms with E-state index in [-0.39, 0.29) is 41.4 Å². The molecule has 2 amide bonds. The molecule has 11 heteroatoms. The first-order valence-electron chi connectivity index (χ1n) is 6.13. The fraction of sp³-hybridized carbons (Fsp3) is 0. The molecule has 0 unspecified atom stereocenters. The van der Waals surface area contributed by atoms with Crippen molar-refractivity contribution in [2.24, 2.45) is 5.73 Å². The summed E-state index contributed by atoms with van der Waals surface area (Å²) in [5.41, 5.74) is 5.08. The smallest absolute Gasteiger partial charge is 0.338 e. The Hall–Kier alpha value is -1.08. The van der Waals surface area contributed by atoms with Crippen molar-refractivity contribution in [3.05, 3.63) is 60.0 Å². The summed E-state index contributed by atoms with van der Waals surface area (Å²) in [6, 6.07) is 5.16. The van der Waals surface area contributed by atoms with Gasteiger partial charge in [0.1, 0.15) is 0 Å². The van der Waals surface area contributed by atoms with Crippen molar-refractivity contribution in [3.63, 3.8) is 0 Å². The standard InChI is InChI=1S/C7H4Cl4N2O.C7H4Cl2O2/c8-2-1-3(13-7(12)14)5(10)6(11)4(2)9;8-4-2-1-3-5(9)6(4)7(10)11/h1H,(H3,12,13,14);1-3H,(H,10,11). The summed E-state index contributed by atoms with van der Waals surface area (Å²) in [7, 11) is 0. The largest absolute Gasteiger partial charge is 0.478 e. The highest BCUT2D eigenvalue weighted by molar-refractivity contribution is 6.52. The number of aromatic carboxylic acids is 1. The van der Waals surface area contributed by atoms with Crippen LogP contribution in [0.1, 0.15) is 10.4 Å². The van der Waals surface area contributed by atoms with Gasteiger partial charge < -0.3 is 16.2 Å². The maximum Gasteiger partial charge on any atom is 0.338 e. The molecule has 2 aromatic carbocycles. The van der Waals surface area contributed by atoms with Crippen LogP contribution in [0.4, 0.5) is 10.5 Å². The van der Waals surface area contributed by atoms with Gasteiger partial charge in [-0.2, -0.15) is 0 Å². The molecule has 0 aliphatic rings. The zero-order valence-corrected chi connectivity index (χ0v) is 16.5. The van der Waals surface area contributed by atoms with E-state index < -0.39 is 12.0 Å².